The Morgan fingerprint density at radius 3 is 2.37 bits per heavy atom. The van der Waals surface area contributed by atoms with Crippen LogP contribution in [0.3, 0.4) is 0 Å². The van der Waals surface area contributed by atoms with E-state index in [0.717, 1.165) is 5.69 Å². The van der Waals surface area contributed by atoms with E-state index in [9.17, 15) is 8.42 Å². The van der Waals surface area contributed by atoms with Crippen molar-refractivity contribution in [2.24, 2.45) is 0 Å². The van der Waals surface area contributed by atoms with Gasteiger partial charge in [0.15, 0.2) is 9.84 Å². The Kier molecular flexibility index (Phi) is 6.10. The van der Waals surface area contributed by atoms with Crippen molar-refractivity contribution in [2.45, 2.75) is 17.2 Å². The summed E-state index contributed by atoms with van der Waals surface area (Å²) in [6.07, 6.45) is 0. The van der Waals surface area contributed by atoms with Gasteiger partial charge >= 0.3 is 0 Å². The van der Waals surface area contributed by atoms with Gasteiger partial charge in [-0.3, -0.25) is 0 Å². The summed E-state index contributed by atoms with van der Waals surface area (Å²) in [6, 6.07) is 6.84. The zero-order valence-electron chi connectivity index (χ0n) is 11.5. The fourth-order valence-corrected chi connectivity index (χ4v) is 2.93. The van der Waals surface area contributed by atoms with Gasteiger partial charge in [0.05, 0.1) is 22.6 Å². The standard InChI is InChI=1S/C13H20ClNO3S/c1-4-19(16,17)13-7-5-12(6-8-13)15(2)9-11(14)10-18-3/h5-8,11H,4,9-10H2,1-3H3. The molecular formula is C13H20ClNO3S. The van der Waals surface area contributed by atoms with E-state index in [0.29, 0.717) is 18.0 Å². The summed E-state index contributed by atoms with van der Waals surface area (Å²) in [4.78, 5) is 2.32. The molecule has 1 aromatic rings. The molecule has 0 aromatic heterocycles. The first-order valence-corrected chi connectivity index (χ1v) is 8.16. The van der Waals surface area contributed by atoms with Crippen molar-refractivity contribution in [3.05, 3.63) is 24.3 Å². The van der Waals surface area contributed by atoms with Crippen molar-refractivity contribution in [1.82, 2.24) is 0 Å². The highest BCUT2D eigenvalue weighted by atomic mass is 35.5. The SMILES string of the molecule is CCS(=O)(=O)c1ccc(N(C)CC(Cl)COC)cc1. The van der Waals surface area contributed by atoms with Gasteiger partial charge in [-0.15, -0.1) is 11.6 Å². The summed E-state index contributed by atoms with van der Waals surface area (Å²) in [7, 11) is 0.385. The second-order valence-corrected chi connectivity index (χ2v) is 7.23. The normalized spacial score (nSPS) is 13.3. The molecule has 0 radical (unpaired) electrons. The van der Waals surface area contributed by atoms with Crippen LogP contribution in [0.1, 0.15) is 6.92 Å². The number of hydrogen-bond donors (Lipinski definition) is 0. The van der Waals surface area contributed by atoms with E-state index < -0.39 is 9.84 Å². The number of hydrogen-bond acceptors (Lipinski definition) is 4. The third kappa shape index (κ3) is 4.67. The Morgan fingerprint density at radius 2 is 1.89 bits per heavy atom. The first-order valence-electron chi connectivity index (χ1n) is 6.07. The largest absolute Gasteiger partial charge is 0.383 e. The van der Waals surface area contributed by atoms with Gasteiger partial charge in [-0.2, -0.15) is 0 Å². The predicted molar refractivity (Wildman–Crippen MR) is 79.0 cm³/mol. The summed E-state index contributed by atoms with van der Waals surface area (Å²) in [5.74, 6) is 0.111. The van der Waals surface area contributed by atoms with Gasteiger partial charge in [-0.05, 0) is 24.3 Å². The lowest BCUT2D eigenvalue weighted by Gasteiger charge is -2.22. The number of nitrogens with zero attached hydrogens (tertiary/aromatic N) is 1. The number of anilines is 1. The molecular weight excluding hydrogens is 286 g/mol. The van der Waals surface area contributed by atoms with E-state index in [-0.39, 0.29) is 11.1 Å². The van der Waals surface area contributed by atoms with E-state index in [1.807, 2.05) is 11.9 Å². The molecule has 0 saturated carbocycles. The minimum atomic E-state index is -3.14. The molecule has 0 fully saturated rings. The third-order valence-electron chi connectivity index (χ3n) is 2.84. The zero-order chi connectivity index (χ0) is 14.5. The molecule has 4 nitrogen and oxygen atoms in total. The number of sulfone groups is 1. The second-order valence-electron chi connectivity index (χ2n) is 4.33. The summed E-state index contributed by atoms with van der Waals surface area (Å²) >= 11 is 6.09. The molecule has 0 N–H and O–H groups in total. The minimum absolute atomic E-state index is 0.103. The Bertz CT molecular complexity index is 487. The molecule has 0 aliphatic rings. The van der Waals surface area contributed by atoms with Crippen molar-refractivity contribution in [1.29, 1.82) is 0 Å². The first kappa shape index (κ1) is 16.3. The monoisotopic (exact) mass is 305 g/mol. The smallest absolute Gasteiger partial charge is 0.178 e. The lowest BCUT2D eigenvalue weighted by molar-refractivity contribution is 0.199. The van der Waals surface area contributed by atoms with Crippen LogP contribution in [0.5, 0.6) is 0 Å². The molecule has 108 valence electrons. The Hall–Kier alpha value is -0.780. The van der Waals surface area contributed by atoms with Crippen molar-refractivity contribution in [2.75, 3.05) is 38.0 Å². The fourth-order valence-electron chi connectivity index (χ4n) is 1.71. The maximum atomic E-state index is 11.7. The number of methoxy groups -OCH3 is 1. The van der Waals surface area contributed by atoms with Crippen molar-refractivity contribution in [3.8, 4) is 0 Å². The van der Waals surface area contributed by atoms with Gasteiger partial charge in [-0.1, -0.05) is 6.92 Å². The lowest BCUT2D eigenvalue weighted by Crippen LogP contribution is -2.28. The van der Waals surface area contributed by atoms with Crippen LogP contribution in [0.15, 0.2) is 29.2 Å². The summed E-state index contributed by atoms with van der Waals surface area (Å²) in [5, 5.41) is -0.103. The molecule has 0 heterocycles. The molecule has 1 unspecified atom stereocenters. The van der Waals surface area contributed by atoms with Crippen molar-refractivity contribution < 1.29 is 13.2 Å². The average Bonchev–Trinajstić information content (AvgIpc) is 2.39. The topological polar surface area (TPSA) is 46.6 Å². The van der Waals surface area contributed by atoms with Crippen molar-refractivity contribution in [3.63, 3.8) is 0 Å². The zero-order valence-corrected chi connectivity index (χ0v) is 13.0. The Morgan fingerprint density at radius 1 is 1.32 bits per heavy atom. The van der Waals surface area contributed by atoms with E-state index in [4.69, 9.17) is 16.3 Å². The third-order valence-corrected chi connectivity index (χ3v) is 4.85. The molecule has 6 heteroatoms. The maximum absolute atomic E-state index is 11.7. The molecule has 0 aliphatic carbocycles. The Labute approximate surface area is 120 Å². The van der Waals surface area contributed by atoms with E-state index in [1.165, 1.54) is 0 Å². The van der Waals surface area contributed by atoms with Gasteiger partial charge in [0, 0.05) is 26.4 Å². The minimum Gasteiger partial charge on any atom is -0.383 e. The number of halogens is 1. The van der Waals surface area contributed by atoms with Crippen LogP contribution in [0.2, 0.25) is 0 Å². The Balaban J connectivity index is 2.76. The molecule has 1 rings (SSSR count). The molecule has 0 spiro atoms. The van der Waals surface area contributed by atoms with Crippen LogP contribution in [-0.4, -0.2) is 46.9 Å². The van der Waals surface area contributed by atoms with Crippen LogP contribution in [0, 0.1) is 0 Å². The molecule has 1 aromatic carbocycles. The van der Waals surface area contributed by atoms with Gasteiger partial charge < -0.3 is 9.64 Å². The lowest BCUT2D eigenvalue weighted by atomic mass is 10.3. The van der Waals surface area contributed by atoms with Crippen LogP contribution in [0.25, 0.3) is 0 Å². The van der Waals surface area contributed by atoms with Crippen LogP contribution in [0.4, 0.5) is 5.69 Å². The highest BCUT2D eigenvalue weighted by Gasteiger charge is 2.13. The highest BCUT2D eigenvalue weighted by Crippen LogP contribution is 2.18. The number of benzene rings is 1. The molecule has 19 heavy (non-hydrogen) atoms. The molecule has 1 atom stereocenters. The van der Waals surface area contributed by atoms with Gasteiger partial charge in [-0.25, -0.2) is 8.42 Å². The fraction of sp³-hybridized carbons (Fsp3) is 0.538. The van der Waals surface area contributed by atoms with Gasteiger partial charge in [0.25, 0.3) is 0 Å². The highest BCUT2D eigenvalue weighted by molar-refractivity contribution is 7.91. The molecule has 0 amide bonds. The summed E-state index contributed by atoms with van der Waals surface area (Å²) in [5.41, 5.74) is 0.928. The summed E-state index contributed by atoms with van der Waals surface area (Å²) < 4.78 is 28.4. The number of alkyl halides is 1. The van der Waals surface area contributed by atoms with Crippen LogP contribution in [-0.2, 0) is 14.6 Å². The molecule has 0 saturated heterocycles. The van der Waals surface area contributed by atoms with Crippen LogP contribution >= 0.6 is 11.6 Å². The predicted octanol–water partition coefficient (Wildman–Crippen LogP) is 2.17. The number of ether oxygens (including phenoxy) is 1. The van der Waals surface area contributed by atoms with Gasteiger partial charge in [0.1, 0.15) is 0 Å². The first-order chi connectivity index (χ1) is 8.90. The van der Waals surface area contributed by atoms with Gasteiger partial charge in [0.2, 0.25) is 0 Å². The quantitative estimate of drug-likeness (QED) is 0.724. The van der Waals surface area contributed by atoms with E-state index >= 15 is 0 Å². The summed E-state index contributed by atoms with van der Waals surface area (Å²) in [6.45, 7) is 2.75. The second kappa shape index (κ2) is 7.12. The molecule has 0 aliphatic heterocycles. The van der Waals surface area contributed by atoms with E-state index in [2.05, 4.69) is 0 Å². The maximum Gasteiger partial charge on any atom is 0.178 e. The molecule has 0 bridgehead atoms. The number of rotatable bonds is 7. The van der Waals surface area contributed by atoms with Crippen LogP contribution < -0.4 is 4.90 Å². The van der Waals surface area contributed by atoms with Crippen molar-refractivity contribution >= 4 is 27.1 Å². The average molecular weight is 306 g/mol. The van der Waals surface area contributed by atoms with E-state index in [1.54, 1.807) is 38.3 Å².